The summed E-state index contributed by atoms with van der Waals surface area (Å²) in [6.07, 6.45) is 4.82. The maximum atomic E-state index is 15.1. The number of rotatable bonds is 6. The van der Waals surface area contributed by atoms with Gasteiger partial charge in [-0.15, -0.1) is 0 Å². The molecule has 0 amide bonds. The number of ether oxygens (including phenoxy) is 1. The van der Waals surface area contributed by atoms with E-state index in [0.29, 0.717) is 41.3 Å². The topological polar surface area (TPSA) is 75.2 Å². The van der Waals surface area contributed by atoms with Gasteiger partial charge in [0.1, 0.15) is 28.4 Å². The van der Waals surface area contributed by atoms with Crippen LogP contribution in [0.4, 0.5) is 21.7 Å². The average Bonchev–Trinajstić information content (AvgIpc) is 3.20. The molecule has 4 heterocycles. The van der Waals surface area contributed by atoms with Gasteiger partial charge in [-0.05, 0) is 43.5 Å². The molecule has 32 heavy (non-hydrogen) atoms. The fraction of sp³-hybridized carbons (Fsp3) is 0.435. The molecule has 1 aliphatic carbocycles. The Morgan fingerprint density at radius 3 is 2.91 bits per heavy atom. The maximum Gasteiger partial charge on any atom is 0.169 e. The van der Waals surface area contributed by atoms with Gasteiger partial charge in [0.15, 0.2) is 11.6 Å². The molecule has 2 aliphatic heterocycles. The van der Waals surface area contributed by atoms with E-state index in [1.807, 2.05) is 12.1 Å². The molecule has 7 nitrogen and oxygen atoms in total. The van der Waals surface area contributed by atoms with E-state index in [9.17, 15) is 0 Å². The third-order valence-corrected chi connectivity index (χ3v) is 7.15. The number of hydrogen-bond acceptors (Lipinski definition) is 7. The van der Waals surface area contributed by atoms with Crippen molar-refractivity contribution in [2.45, 2.75) is 38.3 Å². The van der Waals surface area contributed by atoms with Gasteiger partial charge in [0.05, 0.1) is 17.8 Å². The summed E-state index contributed by atoms with van der Waals surface area (Å²) in [7, 11) is 0. The molecule has 166 valence electrons. The third kappa shape index (κ3) is 3.51. The Bertz CT molecular complexity index is 1200. The summed E-state index contributed by atoms with van der Waals surface area (Å²) in [6, 6.07) is 8.20. The lowest BCUT2D eigenvalue weighted by atomic mass is 10.2. The van der Waals surface area contributed by atoms with Gasteiger partial charge in [0.2, 0.25) is 0 Å². The van der Waals surface area contributed by atoms with Crippen LogP contribution in [0, 0.1) is 11.2 Å². The Kier molecular flexibility index (Phi) is 4.62. The van der Waals surface area contributed by atoms with E-state index in [1.165, 1.54) is 6.33 Å². The summed E-state index contributed by atoms with van der Waals surface area (Å²) < 4.78 is 20.8. The number of pyridine rings is 1. The summed E-state index contributed by atoms with van der Waals surface area (Å²) in [5, 5.41) is 6.53. The predicted molar refractivity (Wildman–Crippen MR) is 122 cm³/mol. The van der Waals surface area contributed by atoms with Crippen LogP contribution in [0.3, 0.4) is 0 Å². The van der Waals surface area contributed by atoms with Gasteiger partial charge in [0.25, 0.3) is 0 Å². The molecule has 0 unspecified atom stereocenters. The summed E-state index contributed by atoms with van der Waals surface area (Å²) in [4.78, 5) is 15.8. The summed E-state index contributed by atoms with van der Waals surface area (Å²) in [5.74, 6) is 1.11. The first-order valence-electron chi connectivity index (χ1n) is 11.0. The van der Waals surface area contributed by atoms with Crippen molar-refractivity contribution in [1.29, 1.82) is 0 Å². The first kappa shape index (κ1) is 19.9. The maximum absolute atomic E-state index is 15.1. The molecule has 1 aromatic carbocycles. The van der Waals surface area contributed by atoms with Gasteiger partial charge in [0, 0.05) is 30.6 Å². The van der Waals surface area contributed by atoms with Crippen LogP contribution >= 0.6 is 11.6 Å². The smallest absolute Gasteiger partial charge is 0.169 e. The quantitative estimate of drug-likeness (QED) is 0.575. The highest BCUT2D eigenvalue weighted by Crippen LogP contribution is 2.46. The van der Waals surface area contributed by atoms with Crippen LogP contribution in [-0.2, 0) is 0 Å². The highest BCUT2D eigenvalue weighted by Gasteiger charge is 2.39. The van der Waals surface area contributed by atoms with E-state index < -0.39 is 5.82 Å². The number of anilines is 3. The van der Waals surface area contributed by atoms with Gasteiger partial charge in [-0.3, -0.25) is 0 Å². The van der Waals surface area contributed by atoms with Crippen molar-refractivity contribution in [3.05, 3.63) is 41.4 Å². The molecular weight excluding hydrogens is 431 g/mol. The highest BCUT2D eigenvalue weighted by molar-refractivity contribution is 6.32. The molecular formula is C23H24ClFN6O. The molecule has 2 saturated heterocycles. The third-order valence-electron chi connectivity index (χ3n) is 6.80. The second kappa shape index (κ2) is 7.42. The Morgan fingerprint density at radius 1 is 1.28 bits per heavy atom. The Morgan fingerprint density at radius 2 is 2.16 bits per heavy atom. The lowest BCUT2D eigenvalue weighted by Gasteiger charge is -2.28. The molecule has 3 aromatic rings. The number of fused-ring (bicyclic) bond motifs is 3. The van der Waals surface area contributed by atoms with Gasteiger partial charge in [-0.1, -0.05) is 18.5 Å². The van der Waals surface area contributed by atoms with Gasteiger partial charge in [-0.25, -0.2) is 19.3 Å². The second-order valence-electron chi connectivity index (χ2n) is 9.37. The van der Waals surface area contributed by atoms with Crippen LogP contribution in [0.2, 0.25) is 5.02 Å². The fourth-order valence-corrected chi connectivity index (χ4v) is 4.72. The van der Waals surface area contributed by atoms with Crippen molar-refractivity contribution in [3.63, 3.8) is 0 Å². The summed E-state index contributed by atoms with van der Waals surface area (Å²) in [5.41, 5.74) is 1.69. The van der Waals surface area contributed by atoms with Gasteiger partial charge >= 0.3 is 0 Å². The van der Waals surface area contributed by atoms with Crippen molar-refractivity contribution in [2.75, 3.05) is 29.9 Å². The number of hydrogen-bond donors (Lipinski definition) is 2. The van der Waals surface area contributed by atoms with E-state index in [4.69, 9.17) is 21.3 Å². The molecule has 3 fully saturated rings. The average molecular weight is 455 g/mol. The SMILES string of the molecule is CC1(COc2ccc(Nc3ncnc4ccc(N5C[C@@H]6C[C@H]5CN6)nc34)c(F)c2Cl)CC1. The van der Waals surface area contributed by atoms with E-state index in [1.54, 1.807) is 12.1 Å². The molecule has 9 heteroatoms. The van der Waals surface area contributed by atoms with E-state index in [2.05, 4.69) is 32.4 Å². The van der Waals surface area contributed by atoms with Crippen LogP contribution in [0.15, 0.2) is 30.6 Å². The van der Waals surface area contributed by atoms with Crippen molar-refractivity contribution in [1.82, 2.24) is 20.3 Å². The minimum absolute atomic E-state index is 0.0353. The summed E-state index contributed by atoms with van der Waals surface area (Å²) >= 11 is 6.28. The minimum atomic E-state index is -0.573. The highest BCUT2D eigenvalue weighted by atomic mass is 35.5. The van der Waals surface area contributed by atoms with Crippen LogP contribution in [-0.4, -0.2) is 46.7 Å². The molecule has 2 aromatic heterocycles. The minimum Gasteiger partial charge on any atom is -0.491 e. The van der Waals surface area contributed by atoms with Crippen LogP contribution < -0.4 is 20.3 Å². The zero-order valence-electron chi connectivity index (χ0n) is 17.7. The molecule has 2 N–H and O–H groups in total. The summed E-state index contributed by atoms with van der Waals surface area (Å²) in [6.45, 7) is 4.59. The fourth-order valence-electron chi connectivity index (χ4n) is 4.50. The first-order valence-corrected chi connectivity index (χ1v) is 11.4. The largest absolute Gasteiger partial charge is 0.491 e. The molecule has 1 saturated carbocycles. The molecule has 0 spiro atoms. The van der Waals surface area contributed by atoms with Crippen molar-refractivity contribution in [3.8, 4) is 5.75 Å². The predicted octanol–water partition coefficient (Wildman–Crippen LogP) is 4.29. The van der Waals surface area contributed by atoms with Crippen LogP contribution in [0.25, 0.3) is 11.0 Å². The molecule has 3 aliphatic rings. The van der Waals surface area contributed by atoms with Gasteiger partial charge in [-0.2, -0.15) is 0 Å². The van der Waals surface area contributed by atoms with E-state index in [0.717, 1.165) is 38.2 Å². The molecule has 2 atom stereocenters. The Balaban J connectivity index is 1.29. The molecule has 6 rings (SSSR count). The van der Waals surface area contributed by atoms with E-state index in [-0.39, 0.29) is 16.1 Å². The number of piperazine rings is 1. The van der Waals surface area contributed by atoms with E-state index >= 15 is 4.39 Å². The second-order valence-corrected chi connectivity index (χ2v) is 9.75. The Labute approximate surface area is 190 Å². The zero-order valence-corrected chi connectivity index (χ0v) is 18.5. The molecule has 2 bridgehead atoms. The number of halogens is 2. The number of nitrogens with one attached hydrogen (secondary N) is 2. The number of aromatic nitrogens is 3. The standard InChI is InChI=1S/C23H24ClFN6O/c1-23(6-7-23)11-32-17-4-2-15(20(25)19(17)24)29-22-21-16(27-12-28-22)3-5-18(30-21)31-10-13-8-14(31)9-26-13/h2-5,12-14,26H,6-11H2,1H3,(H,27,28,29)/t13-,14-/m0/s1. The number of benzene rings is 1. The van der Waals surface area contributed by atoms with Crippen molar-refractivity contribution >= 4 is 40.0 Å². The molecule has 0 radical (unpaired) electrons. The van der Waals surface area contributed by atoms with Crippen LogP contribution in [0.5, 0.6) is 5.75 Å². The monoisotopic (exact) mass is 454 g/mol. The normalized spacial score (nSPS) is 23.0. The lowest BCUT2D eigenvalue weighted by molar-refractivity contribution is 0.247. The number of nitrogens with zero attached hydrogens (tertiary/aromatic N) is 4. The first-order chi connectivity index (χ1) is 15.5. The Hall–Kier alpha value is -2.71. The van der Waals surface area contributed by atoms with Gasteiger partial charge < -0.3 is 20.3 Å². The lowest BCUT2D eigenvalue weighted by Crippen LogP contribution is -2.44. The zero-order chi connectivity index (χ0) is 21.9. The van der Waals surface area contributed by atoms with Crippen LogP contribution in [0.1, 0.15) is 26.2 Å². The van der Waals surface area contributed by atoms with Crippen molar-refractivity contribution < 1.29 is 9.13 Å². The van der Waals surface area contributed by atoms with Crippen molar-refractivity contribution in [2.24, 2.45) is 5.41 Å².